The van der Waals surface area contributed by atoms with E-state index in [-0.39, 0.29) is 6.61 Å². The zero-order chi connectivity index (χ0) is 16.0. The molecule has 0 heterocycles. The number of halogens is 3. The van der Waals surface area contributed by atoms with Crippen LogP contribution in [0.25, 0.3) is 0 Å². The second-order valence-electron chi connectivity index (χ2n) is 4.32. The Morgan fingerprint density at radius 1 is 1.24 bits per heavy atom. The molecule has 0 radical (unpaired) electrons. The number of hydrogen-bond donors (Lipinski definition) is 0. The third-order valence-electron chi connectivity index (χ3n) is 2.86. The molecule has 21 heavy (non-hydrogen) atoms. The van der Waals surface area contributed by atoms with E-state index in [4.69, 9.17) is 0 Å². The van der Waals surface area contributed by atoms with Crippen LogP contribution in [-0.2, 0) is 14.3 Å². The van der Waals surface area contributed by atoms with Crippen molar-refractivity contribution >= 4 is 11.9 Å². The topological polar surface area (TPSA) is 46.6 Å². The summed E-state index contributed by atoms with van der Waals surface area (Å²) in [4.78, 5) is 23.4. The molecule has 0 aliphatic rings. The van der Waals surface area contributed by atoms with Crippen molar-refractivity contribution in [2.45, 2.75) is 26.1 Å². The summed E-state index contributed by atoms with van der Waals surface area (Å²) < 4.78 is 42.6. The summed E-state index contributed by atoms with van der Waals surface area (Å²) in [6.45, 7) is 2.25. The van der Waals surface area contributed by atoms with Crippen LogP contribution >= 0.6 is 0 Å². The maximum Gasteiger partial charge on any atom is 0.471 e. The first-order chi connectivity index (χ1) is 9.77. The largest absolute Gasteiger partial charge is 0.471 e. The van der Waals surface area contributed by atoms with Gasteiger partial charge < -0.3 is 9.64 Å². The van der Waals surface area contributed by atoms with Crippen molar-refractivity contribution in [2.75, 3.05) is 13.2 Å². The first-order valence-corrected chi connectivity index (χ1v) is 6.35. The van der Waals surface area contributed by atoms with Gasteiger partial charge in [-0.3, -0.25) is 9.59 Å². The van der Waals surface area contributed by atoms with Crippen molar-refractivity contribution in [1.29, 1.82) is 0 Å². The van der Waals surface area contributed by atoms with Gasteiger partial charge in [-0.1, -0.05) is 30.3 Å². The van der Waals surface area contributed by atoms with Gasteiger partial charge in [-0.05, 0) is 19.4 Å². The van der Waals surface area contributed by atoms with Crippen LogP contribution in [0.3, 0.4) is 0 Å². The fraction of sp³-hybridized carbons (Fsp3) is 0.429. The molecule has 0 saturated heterocycles. The number of amides is 1. The Labute approximate surface area is 120 Å². The Kier molecular flexibility index (Phi) is 5.75. The molecule has 0 fully saturated rings. The highest BCUT2D eigenvalue weighted by atomic mass is 19.4. The van der Waals surface area contributed by atoms with E-state index in [0.717, 1.165) is 0 Å². The average Bonchev–Trinajstić information content (AvgIpc) is 2.43. The van der Waals surface area contributed by atoms with E-state index in [1.807, 2.05) is 0 Å². The van der Waals surface area contributed by atoms with Crippen LogP contribution in [0.15, 0.2) is 30.3 Å². The molecule has 0 saturated carbocycles. The maximum absolute atomic E-state index is 12.7. The third-order valence-corrected chi connectivity index (χ3v) is 2.86. The van der Waals surface area contributed by atoms with Crippen LogP contribution in [-0.4, -0.2) is 36.1 Å². The lowest BCUT2D eigenvalue weighted by atomic mass is 10.1. The molecule has 0 bridgehead atoms. The van der Waals surface area contributed by atoms with Gasteiger partial charge in [0.2, 0.25) is 0 Å². The minimum Gasteiger partial charge on any atom is -0.465 e. The predicted octanol–water partition coefficient (Wildman–Crippen LogP) is 2.70. The van der Waals surface area contributed by atoms with E-state index in [1.165, 1.54) is 13.8 Å². The van der Waals surface area contributed by atoms with Gasteiger partial charge in [0, 0.05) is 0 Å². The molecule has 0 spiro atoms. The Morgan fingerprint density at radius 2 is 1.81 bits per heavy atom. The number of alkyl halides is 3. The van der Waals surface area contributed by atoms with Crippen molar-refractivity contribution in [3.63, 3.8) is 0 Å². The van der Waals surface area contributed by atoms with Gasteiger partial charge >= 0.3 is 18.1 Å². The van der Waals surface area contributed by atoms with Crippen LogP contribution in [0.5, 0.6) is 0 Å². The van der Waals surface area contributed by atoms with Crippen molar-refractivity contribution in [3.05, 3.63) is 35.9 Å². The SMILES string of the molecule is CCOC(=O)CN(C(=O)C(F)(F)F)[C@H](C)c1ccccc1. The number of carbonyl (C=O) groups is 2. The summed E-state index contributed by atoms with van der Waals surface area (Å²) in [6.07, 6.45) is -5.05. The zero-order valence-electron chi connectivity index (χ0n) is 11.7. The number of carbonyl (C=O) groups excluding carboxylic acids is 2. The first kappa shape index (κ1) is 17.0. The summed E-state index contributed by atoms with van der Waals surface area (Å²) in [5, 5.41) is 0. The molecule has 4 nitrogen and oxygen atoms in total. The number of esters is 1. The van der Waals surface area contributed by atoms with Gasteiger partial charge in [0.1, 0.15) is 6.54 Å². The minimum absolute atomic E-state index is 0.0343. The molecule has 116 valence electrons. The Balaban J connectivity index is 3.01. The van der Waals surface area contributed by atoms with E-state index in [1.54, 1.807) is 30.3 Å². The molecular weight excluding hydrogens is 287 g/mol. The summed E-state index contributed by atoms with van der Waals surface area (Å²) >= 11 is 0. The highest BCUT2D eigenvalue weighted by Crippen LogP contribution is 2.26. The Hall–Kier alpha value is -2.05. The fourth-order valence-corrected chi connectivity index (χ4v) is 1.80. The van der Waals surface area contributed by atoms with Crippen molar-refractivity contribution in [2.24, 2.45) is 0 Å². The van der Waals surface area contributed by atoms with E-state index in [0.29, 0.717) is 10.5 Å². The average molecular weight is 303 g/mol. The molecule has 0 aliphatic heterocycles. The zero-order valence-corrected chi connectivity index (χ0v) is 11.7. The Morgan fingerprint density at radius 3 is 2.29 bits per heavy atom. The molecule has 0 unspecified atom stereocenters. The van der Waals surface area contributed by atoms with Crippen molar-refractivity contribution < 1.29 is 27.5 Å². The van der Waals surface area contributed by atoms with Crippen molar-refractivity contribution in [1.82, 2.24) is 4.90 Å². The molecule has 1 aromatic rings. The maximum atomic E-state index is 12.7. The van der Waals surface area contributed by atoms with E-state index in [2.05, 4.69) is 4.74 Å². The summed E-state index contributed by atoms with van der Waals surface area (Å²) in [5.74, 6) is -2.94. The van der Waals surface area contributed by atoms with Crippen molar-refractivity contribution in [3.8, 4) is 0 Å². The summed E-state index contributed by atoms with van der Waals surface area (Å²) in [7, 11) is 0. The Bertz CT molecular complexity index is 488. The molecular formula is C14H16F3NO3. The van der Waals surface area contributed by atoms with Crippen LogP contribution in [0.1, 0.15) is 25.5 Å². The monoisotopic (exact) mass is 303 g/mol. The number of ether oxygens (including phenoxy) is 1. The first-order valence-electron chi connectivity index (χ1n) is 6.35. The number of benzene rings is 1. The lowest BCUT2D eigenvalue weighted by Crippen LogP contribution is -2.45. The van der Waals surface area contributed by atoms with Gasteiger partial charge in [-0.2, -0.15) is 13.2 Å². The van der Waals surface area contributed by atoms with E-state index in [9.17, 15) is 22.8 Å². The van der Waals surface area contributed by atoms with Gasteiger partial charge in [-0.25, -0.2) is 0 Å². The lowest BCUT2D eigenvalue weighted by molar-refractivity contribution is -0.189. The highest BCUT2D eigenvalue weighted by molar-refractivity contribution is 5.86. The molecule has 1 aromatic carbocycles. The molecule has 1 rings (SSSR count). The van der Waals surface area contributed by atoms with Gasteiger partial charge in [0.15, 0.2) is 0 Å². The highest BCUT2D eigenvalue weighted by Gasteiger charge is 2.44. The molecule has 1 atom stereocenters. The fourth-order valence-electron chi connectivity index (χ4n) is 1.80. The third kappa shape index (κ3) is 4.77. The standard InChI is InChI=1S/C14H16F3NO3/c1-3-21-12(19)9-18(13(20)14(15,16)17)10(2)11-7-5-4-6-8-11/h4-8,10H,3,9H2,1-2H3/t10-/m1/s1. The minimum atomic E-state index is -5.05. The molecule has 0 aromatic heterocycles. The normalized spacial score (nSPS) is 12.6. The number of nitrogens with zero attached hydrogens (tertiary/aromatic N) is 1. The van der Waals surface area contributed by atoms with Crippen LogP contribution in [0.2, 0.25) is 0 Å². The molecule has 1 amide bonds. The molecule has 7 heteroatoms. The van der Waals surface area contributed by atoms with Crippen LogP contribution in [0, 0.1) is 0 Å². The number of hydrogen-bond acceptors (Lipinski definition) is 3. The predicted molar refractivity (Wildman–Crippen MR) is 69.3 cm³/mol. The van der Waals surface area contributed by atoms with E-state index >= 15 is 0 Å². The summed E-state index contributed by atoms with van der Waals surface area (Å²) in [6, 6.07) is 7.28. The second kappa shape index (κ2) is 7.10. The smallest absolute Gasteiger partial charge is 0.465 e. The second-order valence-corrected chi connectivity index (χ2v) is 4.32. The lowest BCUT2D eigenvalue weighted by Gasteiger charge is -2.29. The van der Waals surface area contributed by atoms with Crippen LogP contribution < -0.4 is 0 Å². The van der Waals surface area contributed by atoms with E-state index < -0.39 is 30.6 Å². The summed E-state index contributed by atoms with van der Waals surface area (Å²) in [5.41, 5.74) is 0.499. The molecule has 0 N–H and O–H groups in total. The quantitative estimate of drug-likeness (QED) is 0.786. The van der Waals surface area contributed by atoms with Gasteiger partial charge in [-0.15, -0.1) is 0 Å². The van der Waals surface area contributed by atoms with Crippen LogP contribution in [0.4, 0.5) is 13.2 Å². The van der Waals surface area contributed by atoms with Gasteiger partial charge in [0.25, 0.3) is 0 Å². The van der Waals surface area contributed by atoms with Gasteiger partial charge in [0.05, 0.1) is 12.6 Å². The molecule has 0 aliphatic carbocycles. The number of rotatable bonds is 5.